The van der Waals surface area contributed by atoms with Crippen molar-refractivity contribution >= 4 is 5.91 Å². The van der Waals surface area contributed by atoms with Crippen LogP contribution < -0.4 is 22.5 Å². The molecule has 0 aliphatic heterocycles. The van der Waals surface area contributed by atoms with Crippen molar-refractivity contribution in [3.05, 3.63) is 50.1 Å². The van der Waals surface area contributed by atoms with Gasteiger partial charge >= 0.3 is 5.69 Å². The topological polar surface area (TPSA) is 136 Å². The predicted molar refractivity (Wildman–Crippen MR) is 68.0 cm³/mol. The molecule has 0 aliphatic rings. The highest BCUT2D eigenvalue weighted by molar-refractivity contribution is 5.91. The maximum atomic E-state index is 11.7. The van der Waals surface area contributed by atoms with Crippen LogP contribution in [0.2, 0.25) is 0 Å². The van der Waals surface area contributed by atoms with Gasteiger partial charge in [-0.05, 0) is 6.42 Å². The number of nitrogens with one attached hydrogen (secondary N) is 2. The summed E-state index contributed by atoms with van der Waals surface area (Å²) in [5.74, 6) is 4.67. The Morgan fingerprint density at radius 1 is 1.55 bits per heavy atom. The van der Waals surface area contributed by atoms with Gasteiger partial charge in [-0.15, -0.1) is 0 Å². The van der Waals surface area contributed by atoms with Crippen molar-refractivity contribution in [2.45, 2.75) is 19.9 Å². The van der Waals surface area contributed by atoms with E-state index in [1.165, 1.54) is 16.8 Å². The van der Waals surface area contributed by atoms with Gasteiger partial charge in [-0.3, -0.25) is 24.6 Å². The molecule has 2 aromatic rings. The van der Waals surface area contributed by atoms with E-state index in [0.29, 0.717) is 17.7 Å². The van der Waals surface area contributed by atoms with Gasteiger partial charge in [0, 0.05) is 17.8 Å². The maximum absolute atomic E-state index is 11.7. The molecular weight excluding hydrogens is 266 g/mol. The number of hydrogen-bond donors (Lipinski definition) is 3. The number of aromatic amines is 1. The number of aromatic nitrogens is 3. The van der Waals surface area contributed by atoms with E-state index >= 15 is 0 Å². The van der Waals surface area contributed by atoms with Crippen LogP contribution in [0.15, 0.2) is 26.4 Å². The van der Waals surface area contributed by atoms with Gasteiger partial charge in [-0.1, -0.05) is 12.1 Å². The Morgan fingerprint density at radius 3 is 2.95 bits per heavy atom. The zero-order valence-corrected chi connectivity index (χ0v) is 10.7. The maximum Gasteiger partial charge on any atom is 0.328 e. The van der Waals surface area contributed by atoms with Crippen molar-refractivity contribution in [2.24, 2.45) is 5.84 Å². The van der Waals surface area contributed by atoms with Crippen molar-refractivity contribution in [3.63, 3.8) is 0 Å². The number of nitrogens with zero attached hydrogens (tertiary/aromatic N) is 2. The van der Waals surface area contributed by atoms with E-state index in [4.69, 9.17) is 10.4 Å². The molecule has 0 bridgehead atoms. The van der Waals surface area contributed by atoms with Gasteiger partial charge in [0.15, 0.2) is 11.5 Å². The summed E-state index contributed by atoms with van der Waals surface area (Å²) in [6.45, 7) is 1.85. The van der Waals surface area contributed by atoms with Gasteiger partial charge in [0.05, 0.1) is 6.54 Å². The Hall–Kier alpha value is -2.68. The lowest BCUT2D eigenvalue weighted by Crippen LogP contribution is -2.31. The van der Waals surface area contributed by atoms with E-state index in [9.17, 15) is 14.4 Å². The van der Waals surface area contributed by atoms with Crippen LogP contribution in [0.3, 0.4) is 0 Å². The molecule has 2 aromatic heterocycles. The molecule has 20 heavy (non-hydrogen) atoms. The van der Waals surface area contributed by atoms with Gasteiger partial charge in [-0.2, -0.15) is 0 Å². The number of aryl methyl sites for hydroxylation is 1. The minimum atomic E-state index is -0.594. The second-order valence-electron chi connectivity index (χ2n) is 4.05. The minimum Gasteiger partial charge on any atom is -0.359 e. The molecule has 2 rings (SSSR count). The molecule has 4 N–H and O–H groups in total. The summed E-state index contributed by atoms with van der Waals surface area (Å²) < 4.78 is 6.20. The molecule has 0 aromatic carbocycles. The summed E-state index contributed by atoms with van der Waals surface area (Å²) in [6.07, 6.45) is 1.94. The molecule has 1 amide bonds. The lowest BCUT2D eigenvalue weighted by Gasteiger charge is -2.03. The molecule has 2 heterocycles. The third kappa shape index (κ3) is 2.67. The molecular formula is C11H13N5O4. The molecule has 0 atom stereocenters. The average Bonchev–Trinajstić information content (AvgIpc) is 2.89. The van der Waals surface area contributed by atoms with Crippen LogP contribution in [-0.2, 0) is 13.0 Å². The average molecular weight is 279 g/mol. The summed E-state index contributed by atoms with van der Waals surface area (Å²) in [4.78, 5) is 36.5. The van der Waals surface area contributed by atoms with Crippen LogP contribution >= 0.6 is 0 Å². The number of rotatable bonds is 4. The predicted octanol–water partition coefficient (Wildman–Crippen LogP) is -1.26. The van der Waals surface area contributed by atoms with Crippen molar-refractivity contribution in [1.29, 1.82) is 0 Å². The fourth-order valence-corrected chi connectivity index (χ4v) is 1.66. The molecule has 0 saturated heterocycles. The molecule has 0 spiro atoms. The first-order valence-corrected chi connectivity index (χ1v) is 5.84. The fourth-order valence-electron chi connectivity index (χ4n) is 1.66. The standard InChI is InChI=1S/C11H13N5O4/c1-2-6-4-16(11(19)13-9(6)17)5-7-3-8(15-20-7)10(18)14-12/h3-4H,2,5,12H2,1H3,(H,14,18)(H,13,17,19). The monoisotopic (exact) mass is 279 g/mol. The van der Waals surface area contributed by atoms with Gasteiger partial charge in [-0.25, -0.2) is 10.6 Å². The summed E-state index contributed by atoms with van der Waals surface area (Å²) in [7, 11) is 0. The van der Waals surface area contributed by atoms with E-state index < -0.39 is 17.2 Å². The van der Waals surface area contributed by atoms with Gasteiger partial charge < -0.3 is 4.52 Å². The highest BCUT2D eigenvalue weighted by Gasteiger charge is 2.12. The van der Waals surface area contributed by atoms with Crippen LogP contribution in [0.1, 0.15) is 28.7 Å². The summed E-state index contributed by atoms with van der Waals surface area (Å²) >= 11 is 0. The van der Waals surface area contributed by atoms with Crippen LogP contribution in [0.4, 0.5) is 0 Å². The van der Waals surface area contributed by atoms with Crippen LogP contribution in [0, 0.1) is 0 Å². The highest BCUT2D eigenvalue weighted by atomic mass is 16.5. The number of nitrogen functional groups attached to an aromatic ring is 1. The van der Waals surface area contributed by atoms with Crippen LogP contribution in [0.25, 0.3) is 0 Å². The summed E-state index contributed by atoms with van der Waals surface area (Å²) in [5, 5.41) is 3.52. The van der Waals surface area contributed by atoms with Gasteiger partial charge in [0.25, 0.3) is 11.5 Å². The molecule has 0 fully saturated rings. The van der Waals surface area contributed by atoms with Crippen molar-refractivity contribution < 1.29 is 9.32 Å². The molecule has 0 unspecified atom stereocenters. The lowest BCUT2D eigenvalue weighted by atomic mass is 10.2. The number of amides is 1. The summed E-state index contributed by atoms with van der Waals surface area (Å²) in [6, 6.07) is 1.37. The molecule has 106 valence electrons. The largest absolute Gasteiger partial charge is 0.359 e. The Labute approximate surface area is 112 Å². The first kappa shape index (κ1) is 13.7. The molecule has 9 nitrogen and oxygen atoms in total. The Bertz CT molecular complexity index is 742. The van der Waals surface area contributed by atoms with E-state index in [1.54, 1.807) is 6.92 Å². The number of nitrogens with two attached hydrogens (primary N) is 1. The Morgan fingerprint density at radius 2 is 2.30 bits per heavy atom. The van der Waals surface area contributed by atoms with E-state index in [-0.39, 0.29) is 12.2 Å². The number of hydrogen-bond acceptors (Lipinski definition) is 6. The van der Waals surface area contributed by atoms with Crippen molar-refractivity contribution in [2.75, 3.05) is 0 Å². The molecule has 0 radical (unpaired) electrons. The number of hydrazine groups is 1. The number of H-pyrrole nitrogens is 1. The van der Waals surface area contributed by atoms with Crippen LogP contribution in [-0.4, -0.2) is 20.6 Å². The highest BCUT2D eigenvalue weighted by Crippen LogP contribution is 2.05. The second kappa shape index (κ2) is 5.53. The van der Waals surface area contributed by atoms with E-state index in [0.717, 1.165) is 0 Å². The van der Waals surface area contributed by atoms with Crippen molar-refractivity contribution in [1.82, 2.24) is 20.1 Å². The molecule has 9 heteroatoms. The van der Waals surface area contributed by atoms with E-state index in [2.05, 4.69) is 10.1 Å². The van der Waals surface area contributed by atoms with Crippen LogP contribution in [0.5, 0.6) is 0 Å². The quantitative estimate of drug-likeness (QED) is 0.363. The lowest BCUT2D eigenvalue weighted by molar-refractivity contribution is 0.0944. The first-order chi connectivity index (χ1) is 9.55. The minimum absolute atomic E-state index is 0.00990. The third-order valence-corrected chi connectivity index (χ3v) is 2.71. The Balaban J connectivity index is 2.30. The number of carbonyl (C=O) groups is 1. The van der Waals surface area contributed by atoms with Crippen molar-refractivity contribution in [3.8, 4) is 0 Å². The molecule has 0 aliphatic carbocycles. The number of carbonyl (C=O) groups excluding carboxylic acids is 1. The normalized spacial score (nSPS) is 10.5. The van der Waals surface area contributed by atoms with E-state index in [1.807, 2.05) is 5.43 Å². The molecule has 0 saturated carbocycles. The summed E-state index contributed by atoms with van der Waals surface area (Å²) in [5.41, 5.74) is 1.43. The zero-order chi connectivity index (χ0) is 14.7. The fraction of sp³-hybridized carbons (Fsp3) is 0.273. The Kier molecular flexibility index (Phi) is 3.80. The smallest absolute Gasteiger partial charge is 0.328 e. The third-order valence-electron chi connectivity index (χ3n) is 2.71. The van der Waals surface area contributed by atoms with Gasteiger partial charge in [0.1, 0.15) is 0 Å². The second-order valence-corrected chi connectivity index (χ2v) is 4.05. The van der Waals surface area contributed by atoms with Gasteiger partial charge in [0.2, 0.25) is 0 Å². The zero-order valence-electron chi connectivity index (χ0n) is 10.7. The SMILES string of the molecule is CCc1cn(Cc2cc(C(=O)NN)no2)c(=O)[nH]c1=O. The first-order valence-electron chi connectivity index (χ1n) is 5.84.